The first-order valence-electron chi connectivity index (χ1n) is 7.51. The number of carbonyl (C=O) groups is 1. The van der Waals surface area contributed by atoms with E-state index in [2.05, 4.69) is 15.1 Å². The molecular formula is C18H15N3O3. The van der Waals surface area contributed by atoms with E-state index in [-0.39, 0.29) is 0 Å². The molecule has 120 valence electrons. The topological polar surface area (TPSA) is 81.0 Å². The monoisotopic (exact) mass is 321 g/mol. The molecule has 3 aromatic heterocycles. The van der Waals surface area contributed by atoms with Gasteiger partial charge in [-0.15, -0.1) is 0 Å². The quantitative estimate of drug-likeness (QED) is 0.568. The highest BCUT2D eigenvalue weighted by atomic mass is 16.5. The smallest absolute Gasteiger partial charge is 0.339 e. The minimum absolute atomic E-state index is 0.403. The second kappa shape index (κ2) is 5.19. The van der Waals surface area contributed by atoms with Gasteiger partial charge in [-0.3, -0.25) is 4.98 Å². The number of aromatic nitrogens is 3. The maximum absolute atomic E-state index is 11.7. The Bertz CT molecular complexity index is 1070. The number of aromatic amines is 1. The van der Waals surface area contributed by atoms with E-state index < -0.39 is 5.97 Å². The molecular weight excluding hydrogens is 306 g/mol. The number of H-pyrrole nitrogens is 1. The third-order valence-corrected chi connectivity index (χ3v) is 4.17. The van der Waals surface area contributed by atoms with Crippen molar-refractivity contribution in [2.75, 3.05) is 7.11 Å². The molecule has 24 heavy (non-hydrogen) atoms. The van der Waals surface area contributed by atoms with Gasteiger partial charge in [-0.25, -0.2) is 4.79 Å². The molecule has 4 aromatic rings. The number of hydrogen-bond acceptors (Lipinski definition) is 5. The van der Waals surface area contributed by atoms with Gasteiger partial charge in [0.05, 0.1) is 29.4 Å². The minimum Gasteiger partial charge on any atom is -0.465 e. The van der Waals surface area contributed by atoms with Gasteiger partial charge in [-0.1, -0.05) is 17.3 Å². The van der Waals surface area contributed by atoms with Crippen LogP contribution in [0.2, 0.25) is 0 Å². The number of aryl methyl sites for hydroxylation is 2. The number of esters is 1. The summed E-state index contributed by atoms with van der Waals surface area (Å²) in [6.45, 7) is 3.82. The Morgan fingerprint density at radius 2 is 2.04 bits per heavy atom. The molecule has 6 nitrogen and oxygen atoms in total. The van der Waals surface area contributed by atoms with E-state index in [4.69, 9.17) is 9.26 Å². The lowest BCUT2D eigenvalue weighted by molar-refractivity contribution is 0.0600. The first kappa shape index (κ1) is 14.4. The second-order valence-electron chi connectivity index (χ2n) is 5.70. The van der Waals surface area contributed by atoms with Gasteiger partial charge in [0.25, 0.3) is 0 Å². The van der Waals surface area contributed by atoms with Crippen LogP contribution < -0.4 is 0 Å². The zero-order valence-corrected chi connectivity index (χ0v) is 13.5. The summed E-state index contributed by atoms with van der Waals surface area (Å²) in [6.07, 6.45) is 1.53. The number of nitrogens with one attached hydrogen (secondary N) is 1. The predicted molar refractivity (Wildman–Crippen MR) is 89.9 cm³/mol. The first-order chi connectivity index (χ1) is 11.6. The molecule has 0 aliphatic rings. The van der Waals surface area contributed by atoms with E-state index in [9.17, 15) is 4.79 Å². The van der Waals surface area contributed by atoms with E-state index in [1.54, 1.807) is 6.07 Å². The summed E-state index contributed by atoms with van der Waals surface area (Å²) in [4.78, 5) is 19.4. The fourth-order valence-electron chi connectivity index (χ4n) is 3.05. The van der Waals surface area contributed by atoms with Gasteiger partial charge in [0, 0.05) is 22.7 Å². The molecule has 0 spiro atoms. The van der Waals surface area contributed by atoms with Crippen LogP contribution in [0.15, 0.2) is 35.0 Å². The fraction of sp³-hybridized carbons (Fsp3) is 0.167. The number of nitrogens with zero attached hydrogens (tertiary/aromatic N) is 2. The number of ether oxygens (including phenoxy) is 1. The van der Waals surface area contributed by atoms with Crippen LogP contribution in [0.4, 0.5) is 0 Å². The van der Waals surface area contributed by atoms with Gasteiger partial charge in [0.2, 0.25) is 0 Å². The largest absolute Gasteiger partial charge is 0.465 e. The Hall–Kier alpha value is -3.15. The fourth-order valence-corrected chi connectivity index (χ4v) is 3.05. The highest BCUT2D eigenvalue weighted by Crippen LogP contribution is 2.32. The van der Waals surface area contributed by atoms with E-state index >= 15 is 0 Å². The number of methoxy groups -OCH3 is 1. The molecule has 4 rings (SSSR count). The van der Waals surface area contributed by atoms with E-state index in [1.165, 1.54) is 13.3 Å². The Balaban J connectivity index is 1.91. The van der Waals surface area contributed by atoms with Crippen LogP contribution in [-0.2, 0) is 4.74 Å². The number of hydrogen-bond donors (Lipinski definition) is 1. The second-order valence-corrected chi connectivity index (χ2v) is 5.70. The molecule has 0 aliphatic heterocycles. The van der Waals surface area contributed by atoms with Crippen molar-refractivity contribution >= 4 is 27.9 Å². The molecule has 6 heteroatoms. The highest BCUT2D eigenvalue weighted by Gasteiger charge is 2.15. The number of fused-ring (bicyclic) bond motifs is 3. The SMILES string of the molecule is COC(=O)c1cnc2c(c1)[nH]c1cc(-c3c(C)noc3C)ccc12. The van der Waals surface area contributed by atoms with Gasteiger partial charge >= 0.3 is 5.97 Å². The number of benzene rings is 1. The molecule has 0 amide bonds. The molecule has 0 bridgehead atoms. The Labute approximate surface area is 137 Å². The Morgan fingerprint density at radius 1 is 1.21 bits per heavy atom. The third kappa shape index (κ3) is 2.07. The average Bonchev–Trinajstić information content (AvgIpc) is 3.12. The van der Waals surface area contributed by atoms with Gasteiger partial charge in [0.1, 0.15) is 5.76 Å². The van der Waals surface area contributed by atoms with Crippen molar-refractivity contribution in [2.45, 2.75) is 13.8 Å². The van der Waals surface area contributed by atoms with Gasteiger partial charge in [-0.05, 0) is 31.5 Å². The maximum atomic E-state index is 11.7. The maximum Gasteiger partial charge on any atom is 0.339 e. The Morgan fingerprint density at radius 3 is 2.75 bits per heavy atom. The number of rotatable bonds is 2. The molecule has 0 fully saturated rings. The average molecular weight is 321 g/mol. The summed E-state index contributed by atoms with van der Waals surface area (Å²) in [7, 11) is 1.35. The molecule has 0 saturated heterocycles. The lowest BCUT2D eigenvalue weighted by Gasteiger charge is -2.00. The van der Waals surface area contributed by atoms with E-state index in [0.29, 0.717) is 5.56 Å². The van der Waals surface area contributed by atoms with Gasteiger partial charge in [-0.2, -0.15) is 0 Å². The van der Waals surface area contributed by atoms with Crippen molar-refractivity contribution in [2.24, 2.45) is 0 Å². The van der Waals surface area contributed by atoms with E-state index in [1.807, 2.05) is 32.0 Å². The van der Waals surface area contributed by atoms with Crippen molar-refractivity contribution < 1.29 is 14.1 Å². The Kier molecular flexibility index (Phi) is 3.13. The van der Waals surface area contributed by atoms with Crippen molar-refractivity contribution in [3.63, 3.8) is 0 Å². The molecule has 0 atom stereocenters. The first-order valence-corrected chi connectivity index (χ1v) is 7.51. The zero-order chi connectivity index (χ0) is 16.8. The molecule has 3 heterocycles. The summed E-state index contributed by atoms with van der Waals surface area (Å²) in [5, 5.41) is 5.00. The minimum atomic E-state index is -0.403. The zero-order valence-electron chi connectivity index (χ0n) is 13.5. The van der Waals surface area contributed by atoms with Gasteiger partial charge in [0.15, 0.2) is 0 Å². The lowest BCUT2D eigenvalue weighted by Crippen LogP contribution is -2.01. The van der Waals surface area contributed by atoms with Crippen LogP contribution in [0.3, 0.4) is 0 Å². The standard InChI is InChI=1S/C18H15N3O3/c1-9-16(10(2)24-21-9)11-4-5-13-14(6-11)20-15-7-12(18(22)23-3)8-19-17(13)15/h4-8,20H,1-3H3. The third-order valence-electron chi connectivity index (χ3n) is 4.17. The summed E-state index contributed by atoms with van der Waals surface area (Å²) < 4.78 is 9.99. The molecule has 0 saturated carbocycles. The van der Waals surface area contributed by atoms with Crippen LogP contribution in [0.25, 0.3) is 33.1 Å². The van der Waals surface area contributed by atoms with E-state index in [0.717, 1.165) is 44.5 Å². The van der Waals surface area contributed by atoms with Gasteiger partial charge < -0.3 is 14.2 Å². The van der Waals surface area contributed by atoms with Crippen molar-refractivity contribution in [3.05, 3.63) is 47.5 Å². The number of carbonyl (C=O) groups excluding carboxylic acids is 1. The lowest BCUT2D eigenvalue weighted by atomic mass is 10.0. The molecule has 0 unspecified atom stereocenters. The van der Waals surface area contributed by atoms with Crippen molar-refractivity contribution in [1.82, 2.24) is 15.1 Å². The summed E-state index contributed by atoms with van der Waals surface area (Å²) in [6, 6.07) is 7.84. The predicted octanol–water partition coefficient (Wildman–Crippen LogP) is 3.77. The number of pyridine rings is 1. The summed E-state index contributed by atoms with van der Waals surface area (Å²) in [5.41, 5.74) is 5.86. The van der Waals surface area contributed by atoms with Crippen LogP contribution in [0, 0.1) is 13.8 Å². The molecule has 0 radical (unpaired) electrons. The summed E-state index contributed by atoms with van der Waals surface area (Å²) in [5.74, 6) is 0.383. The normalized spacial score (nSPS) is 11.3. The van der Waals surface area contributed by atoms with Crippen LogP contribution in [0.5, 0.6) is 0 Å². The van der Waals surface area contributed by atoms with Crippen molar-refractivity contribution in [3.8, 4) is 11.1 Å². The molecule has 1 N–H and O–H groups in total. The molecule has 1 aromatic carbocycles. The highest BCUT2D eigenvalue weighted by molar-refractivity contribution is 6.07. The van der Waals surface area contributed by atoms with Crippen LogP contribution in [0.1, 0.15) is 21.8 Å². The van der Waals surface area contributed by atoms with Crippen LogP contribution in [-0.4, -0.2) is 28.2 Å². The van der Waals surface area contributed by atoms with Crippen LogP contribution >= 0.6 is 0 Å². The molecule has 0 aliphatic carbocycles. The van der Waals surface area contributed by atoms with Crippen molar-refractivity contribution in [1.29, 1.82) is 0 Å². The summed E-state index contributed by atoms with van der Waals surface area (Å²) >= 11 is 0.